The smallest absolute Gasteiger partial charge is 0.182 e. The molecule has 2 aliphatic heterocycles. The fraction of sp³-hybridized carbons (Fsp3) is 0.571. The van der Waals surface area contributed by atoms with Crippen LogP contribution in [0.3, 0.4) is 0 Å². The summed E-state index contributed by atoms with van der Waals surface area (Å²) in [5, 5.41) is 0. The molecule has 1 aromatic carbocycles. The minimum Gasteiger partial charge on any atom is -0.369 e. The number of nitrogens with zero attached hydrogens (tertiary/aromatic N) is 4. The van der Waals surface area contributed by atoms with E-state index in [0.717, 1.165) is 52.4 Å². The minimum absolute atomic E-state index is 0.936. The van der Waals surface area contributed by atoms with Crippen molar-refractivity contribution >= 4 is 32.2 Å². The number of hydrogen-bond donors (Lipinski definition) is 1. The van der Waals surface area contributed by atoms with E-state index in [1.165, 1.54) is 11.4 Å². The second-order valence-corrected chi connectivity index (χ2v) is 6.05. The Bertz CT molecular complexity index is 384. The molecular formula is C14H21BN4S. The summed E-state index contributed by atoms with van der Waals surface area (Å²) >= 11 is 4.39. The van der Waals surface area contributed by atoms with Gasteiger partial charge in [0.15, 0.2) is 7.98 Å². The molecular weight excluding hydrogens is 267 g/mol. The maximum absolute atomic E-state index is 5.80. The monoisotopic (exact) mass is 288 g/mol. The maximum Gasteiger partial charge on any atom is 0.182 e. The highest BCUT2D eigenvalue weighted by atomic mass is 32.1. The van der Waals surface area contributed by atoms with Gasteiger partial charge in [-0.3, -0.25) is 0 Å². The van der Waals surface area contributed by atoms with Gasteiger partial charge in [-0.05, 0) is 24.3 Å². The van der Waals surface area contributed by atoms with Gasteiger partial charge in [0.25, 0.3) is 0 Å². The lowest BCUT2D eigenvalue weighted by atomic mass is 10.2. The van der Waals surface area contributed by atoms with E-state index in [2.05, 4.69) is 51.2 Å². The van der Waals surface area contributed by atoms with Crippen LogP contribution < -0.4 is 9.80 Å². The quantitative estimate of drug-likeness (QED) is 0.640. The summed E-state index contributed by atoms with van der Waals surface area (Å²) in [6.45, 7) is 8.02. The first kappa shape index (κ1) is 14.1. The molecule has 0 aromatic heterocycles. The van der Waals surface area contributed by atoms with Crippen LogP contribution in [0.4, 0.5) is 11.4 Å². The molecule has 4 nitrogen and oxygen atoms in total. The summed E-state index contributed by atoms with van der Waals surface area (Å²) in [5.41, 5.74) is 2.61. The van der Waals surface area contributed by atoms with Crippen molar-refractivity contribution in [2.24, 2.45) is 0 Å². The SMILES string of the molecule is [B]N1CCN(c2ccc(N3CCN(S)CC3)cc2)CC1. The lowest BCUT2D eigenvalue weighted by molar-refractivity contribution is 0.415. The minimum atomic E-state index is 0.936. The summed E-state index contributed by atoms with van der Waals surface area (Å²) in [6.07, 6.45) is 0. The third kappa shape index (κ3) is 3.24. The first-order valence-electron chi connectivity index (χ1n) is 7.26. The average molecular weight is 288 g/mol. The van der Waals surface area contributed by atoms with Crippen LogP contribution in [-0.2, 0) is 0 Å². The Morgan fingerprint density at radius 2 is 1.10 bits per heavy atom. The molecule has 0 N–H and O–H groups in total. The zero-order valence-electron chi connectivity index (χ0n) is 11.8. The van der Waals surface area contributed by atoms with Gasteiger partial charge in [-0.15, -0.1) is 0 Å². The van der Waals surface area contributed by atoms with Crippen molar-refractivity contribution < 1.29 is 0 Å². The number of anilines is 2. The molecule has 0 amide bonds. The Kier molecular flexibility index (Phi) is 4.43. The van der Waals surface area contributed by atoms with Gasteiger partial charge in [0.1, 0.15) is 0 Å². The van der Waals surface area contributed by atoms with Crippen molar-refractivity contribution in [3.05, 3.63) is 24.3 Å². The van der Waals surface area contributed by atoms with E-state index in [1.807, 2.05) is 4.81 Å². The van der Waals surface area contributed by atoms with Crippen LogP contribution in [0.5, 0.6) is 0 Å². The van der Waals surface area contributed by atoms with E-state index in [1.54, 1.807) is 0 Å². The van der Waals surface area contributed by atoms with Gasteiger partial charge in [0, 0.05) is 63.7 Å². The van der Waals surface area contributed by atoms with Crippen LogP contribution >= 0.6 is 12.8 Å². The van der Waals surface area contributed by atoms with Gasteiger partial charge in [-0.25, -0.2) is 4.31 Å². The Labute approximate surface area is 128 Å². The number of rotatable bonds is 2. The van der Waals surface area contributed by atoms with Crippen LogP contribution in [-0.4, -0.2) is 69.5 Å². The second kappa shape index (κ2) is 6.29. The topological polar surface area (TPSA) is 13.0 Å². The average Bonchev–Trinajstić information content (AvgIpc) is 2.49. The van der Waals surface area contributed by atoms with Crippen molar-refractivity contribution in [3.8, 4) is 0 Å². The van der Waals surface area contributed by atoms with E-state index in [0.29, 0.717) is 0 Å². The first-order chi connectivity index (χ1) is 9.72. The number of thiol groups is 1. The van der Waals surface area contributed by atoms with Crippen molar-refractivity contribution in [2.75, 3.05) is 62.2 Å². The standard InChI is InChI=1S/C14H21BN4S/c15-18-9-5-16(6-10-18)13-1-3-14(4-2-13)17-7-11-19(20)12-8-17/h1-4,20H,5-12H2. The molecule has 0 saturated carbocycles. The highest BCUT2D eigenvalue weighted by molar-refractivity contribution is 7.77. The van der Waals surface area contributed by atoms with Crippen molar-refractivity contribution in [2.45, 2.75) is 0 Å². The lowest BCUT2D eigenvalue weighted by Gasteiger charge is -2.35. The maximum atomic E-state index is 5.80. The zero-order chi connectivity index (χ0) is 13.9. The van der Waals surface area contributed by atoms with Crippen molar-refractivity contribution in [3.63, 3.8) is 0 Å². The molecule has 2 aliphatic rings. The predicted molar refractivity (Wildman–Crippen MR) is 88.8 cm³/mol. The van der Waals surface area contributed by atoms with Crippen LogP contribution in [0.15, 0.2) is 24.3 Å². The van der Waals surface area contributed by atoms with E-state index in [9.17, 15) is 0 Å². The molecule has 0 atom stereocenters. The van der Waals surface area contributed by atoms with E-state index in [4.69, 9.17) is 7.98 Å². The molecule has 2 radical (unpaired) electrons. The molecule has 1 aromatic rings. The number of hydrogen-bond acceptors (Lipinski definition) is 5. The van der Waals surface area contributed by atoms with Crippen LogP contribution in [0.2, 0.25) is 0 Å². The van der Waals surface area contributed by atoms with Crippen LogP contribution in [0.25, 0.3) is 0 Å². The molecule has 0 spiro atoms. The summed E-state index contributed by atoms with van der Waals surface area (Å²) in [5.74, 6) is 0. The Morgan fingerprint density at radius 1 is 0.700 bits per heavy atom. The summed E-state index contributed by atoms with van der Waals surface area (Å²) in [7, 11) is 5.80. The van der Waals surface area contributed by atoms with E-state index < -0.39 is 0 Å². The van der Waals surface area contributed by atoms with E-state index >= 15 is 0 Å². The fourth-order valence-electron chi connectivity index (χ4n) is 2.81. The zero-order valence-corrected chi connectivity index (χ0v) is 12.7. The van der Waals surface area contributed by atoms with Crippen molar-refractivity contribution in [1.29, 1.82) is 0 Å². The number of benzene rings is 1. The third-order valence-corrected chi connectivity index (χ3v) is 4.55. The molecule has 2 heterocycles. The largest absolute Gasteiger partial charge is 0.369 e. The first-order valence-corrected chi connectivity index (χ1v) is 7.66. The Morgan fingerprint density at radius 3 is 1.55 bits per heavy atom. The van der Waals surface area contributed by atoms with Gasteiger partial charge in [0.2, 0.25) is 0 Å². The van der Waals surface area contributed by atoms with Gasteiger partial charge >= 0.3 is 0 Å². The molecule has 20 heavy (non-hydrogen) atoms. The molecule has 2 saturated heterocycles. The van der Waals surface area contributed by atoms with Crippen LogP contribution in [0, 0.1) is 0 Å². The highest BCUT2D eigenvalue weighted by Crippen LogP contribution is 2.22. The van der Waals surface area contributed by atoms with E-state index in [-0.39, 0.29) is 0 Å². The summed E-state index contributed by atoms with van der Waals surface area (Å²) in [4.78, 5) is 6.72. The van der Waals surface area contributed by atoms with Gasteiger partial charge < -0.3 is 14.6 Å². The second-order valence-electron chi connectivity index (χ2n) is 5.48. The Hall–Kier alpha value is -0.845. The Balaban J connectivity index is 1.62. The summed E-state index contributed by atoms with van der Waals surface area (Å²) in [6, 6.07) is 8.93. The molecule has 6 heteroatoms. The van der Waals surface area contributed by atoms with Gasteiger partial charge in [0.05, 0.1) is 0 Å². The molecule has 0 aliphatic carbocycles. The van der Waals surface area contributed by atoms with Gasteiger partial charge in [-0.1, -0.05) is 12.8 Å². The molecule has 0 unspecified atom stereocenters. The van der Waals surface area contributed by atoms with Gasteiger partial charge in [-0.2, -0.15) is 0 Å². The predicted octanol–water partition coefficient (Wildman–Crippen LogP) is 0.859. The highest BCUT2D eigenvalue weighted by Gasteiger charge is 2.16. The summed E-state index contributed by atoms with van der Waals surface area (Å²) < 4.78 is 2.08. The fourth-order valence-corrected chi connectivity index (χ4v) is 2.99. The molecule has 106 valence electrons. The molecule has 3 rings (SSSR count). The number of piperazine rings is 2. The van der Waals surface area contributed by atoms with Crippen molar-refractivity contribution in [1.82, 2.24) is 9.12 Å². The van der Waals surface area contributed by atoms with Crippen LogP contribution in [0.1, 0.15) is 0 Å². The lowest BCUT2D eigenvalue weighted by Crippen LogP contribution is -2.45. The molecule has 2 fully saturated rings. The molecule has 0 bridgehead atoms. The normalized spacial score (nSPS) is 22.2. The third-order valence-electron chi connectivity index (χ3n) is 4.15.